The second-order valence-electron chi connectivity index (χ2n) is 3.50. The first-order chi connectivity index (χ1) is 6.63. The van der Waals surface area contributed by atoms with Crippen molar-refractivity contribution in [2.45, 2.75) is 26.3 Å². The van der Waals surface area contributed by atoms with Crippen molar-refractivity contribution in [3.63, 3.8) is 0 Å². The molecule has 3 nitrogen and oxygen atoms in total. The van der Waals surface area contributed by atoms with Crippen LogP contribution in [0.25, 0.3) is 0 Å². The van der Waals surface area contributed by atoms with Gasteiger partial charge in [0.1, 0.15) is 5.75 Å². The third-order valence-electron chi connectivity index (χ3n) is 1.99. The van der Waals surface area contributed by atoms with E-state index in [9.17, 15) is 9.90 Å². The highest BCUT2D eigenvalue weighted by Gasteiger charge is 2.03. The van der Waals surface area contributed by atoms with Crippen LogP contribution >= 0.6 is 0 Å². The molecule has 0 aliphatic heterocycles. The van der Waals surface area contributed by atoms with E-state index in [0.717, 1.165) is 11.1 Å². The Kier molecular flexibility index (Phi) is 3.43. The van der Waals surface area contributed by atoms with Gasteiger partial charge in [0.15, 0.2) is 0 Å². The number of phenolic OH excluding ortho intramolecular Hbond substituents is 1. The maximum Gasteiger partial charge on any atom is 0.235 e. The fourth-order valence-corrected chi connectivity index (χ4v) is 1.25. The van der Waals surface area contributed by atoms with E-state index in [1.807, 2.05) is 19.9 Å². The number of rotatable bonds is 3. The Balaban J connectivity index is 3.00. The number of aliphatic imine (C=N–C) groups is 1. The molecule has 0 amide bonds. The zero-order valence-corrected chi connectivity index (χ0v) is 8.32. The number of benzene rings is 1. The average Bonchev–Trinajstić information content (AvgIpc) is 2.14. The van der Waals surface area contributed by atoms with Gasteiger partial charge in [0, 0.05) is 0 Å². The van der Waals surface area contributed by atoms with Crippen molar-refractivity contribution in [2.24, 2.45) is 4.99 Å². The van der Waals surface area contributed by atoms with Crippen LogP contribution in [0.2, 0.25) is 0 Å². The second-order valence-corrected chi connectivity index (χ2v) is 3.50. The molecule has 14 heavy (non-hydrogen) atoms. The highest BCUT2D eigenvalue weighted by molar-refractivity contribution is 5.37. The SMILES string of the molecule is CC(C)c1cc(O)cc(CN=C=O)c1. The normalized spacial score (nSPS) is 9.93. The molecule has 0 atom stereocenters. The van der Waals surface area contributed by atoms with E-state index < -0.39 is 0 Å². The summed E-state index contributed by atoms with van der Waals surface area (Å²) in [5.74, 6) is 0.563. The summed E-state index contributed by atoms with van der Waals surface area (Å²) in [5, 5.41) is 9.40. The van der Waals surface area contributed by atoms with E-state index in [-0.39, 0.29) is 12.3 Å². The van der Waals surface area contributed by atoms with E-state index in [0.29, 0.717) is 5.92 Å². The zero-order valence-electron chi connectivity index (χ0n) is 8.32. The molecule has 0 bridgehead atoms. The Morgan fingerprint density at radius 2 is 2.14 bits per heavy atom. The highest BCUT2D eigenvalue weighted by atomic mass is 16.3. The van der Waals surface area contributed by atoms with Crippen molar-refractivity contribution in [2.75, 3.05) is 0 Å². The molecule has 0 spiro atoms. The molecule has 0 saturated heterocycles. The van der Waals surface area contributed by atoms with Gasteiger partial charge in [-0.05, 0) is 29.2 Å². The molecule has 0 unspecified atom stereocenters. The first-order valence-corrected chi connectivity index (χ1v) is 4.50. The summed E-state index contributed by atoms with van der Waals surface area (Å²) in [6.45, 7) is 4.36. The monoisotopic (exact) mass is 191 g/mol. The van der Waals surface area contributed by atoms with E-state index in [4.69, 9.17) is 0 Å². The molecule has 1 rings (SSSR count). The van der Waals surface area contributed by atoms with Gasteiger partial charge in [0.05, 0.1) is 6.54 Å². The summed E-state index contributed by atoms with van der Waals surface area (Å²) >= 11 is 0. The maximum absolute atomic E-state index is 9.93. The summed E-state index contributed by atoms with van der Waals surface area (Å²) in [4.78, 5) is 13.4. The van der Waals surface area contributed by atoms with Crippen molar-refractivity contribution < 1.29 is 9.90 Å². The van der Waals surface area contributed by atoms with Crippen molar-refractivity contribution >= 4 is 6.08 Å². The molecule has 0 heterocycles. The first-order valence-electron chi connectivity index (χ1n) is 4.50. The van der Waals surface area contributed by atoms with Crippen LogP contribution in [0.4, 0.5) is 0 Å². The summed E-state index contributed by atoms with van der Waals surface area (Å²) in [7, 11) is 0. The van der Waals surface area contributed by atoms with E-state index in [1.54, 1.807) is 12.1 Å². The summed E-state index contributed by atoms with van der Waals surface area (Å²) in [6.07, 6.45) is 1.48. The fraction of sp³-hybridized carbons (Fsp3) is 0.364. The van der Waals surface area contributed by atoms with Gasteiger partial charge in [-0.2, -0.15) is 0 Å². The minimum atomic E-state index is 0.215. The molecule has 1 aromatic carbocycles. The van der Waals surface area contributed by atoms with Crippen LogP contribution in [0.3, 0.4) is 0 Å². The molecule has 0 fully saturated rings. The van der Waals surface area contributed by atoms with Crippen LogP contribution in [0, 0.1) is 0 Å². The molecule has 0 aliphatic carbocycles. The molecule has 0 aliphatic rings. The fourth-order valence-electron chi connectivity index (χ4n) is 1.25. The van der Waals surface area contributed by atoms with E-state index in [1.165, 1.54) is 6.08 Å². The van der Waals surface area contributed by atoms with Crippen molar-refractivity contribution in [1.29, 1.82) is 0 Å². The van der Waals surface area contributed by atoms with Crippen molar-refractivity contribution in [3.8, 4) is 5.75 Å². The second kappa shape index (κ2) is 4.58. The van der Waals surface area contributed by atoms with Crippen LogP contribution in [0.15, 0.2) is 23.2 Å². The summed E-state index contributed by atoms with van der Waals surface area (Å²) < 4.78 is 0. The zero-order chi connectivity index (χ0) is 10.6. The van der Waals surface area contributed by atoms with Gasteiger partial charge in [0.2, 0.25) is 6.08 Å². The molecule has 0 radical (unpaired) electrons. The molecule has 1 N–H and O–H groups in total. The number of hydrogen-bond acceptors (Lipinski definition) is 3. The third kappa shape index (κ3) is 2.71. The quantitative estimate of drug-likeness (QED) is 0.589. The van der Waals surface area contributed by atoms with Crippen LogP contribution in [-0.4, -0.2) is 11.2 Å². The van der Waals surface area contributed by atoms with Crippen LogP contribution < -0.4 is 0 Å². The lowest BCUT2D eigenvalue weighted by atomic mass is 10.0. The van der Waals surface area contributed by atoms with Gasteiger partial charge >= 0.3 is 0 Å². The maximum atomic E-state index is 9.93. The Bertz CT molecular complexity index is 366. The molecule has 1 aromatic rings. The predicted molar refractivity (Wildman–Crippen MR) is 54.0 cm³/mol. The molecular weight excluding hydrogens is 178 g/mol. The van der Waals surface area contributed by atoms with Gasteiger partial charge in [-0.25, -0.2) is 9.79 Å². The summed E-state index contributed by atoms with van der Waals surface area (Å²) in [6, 6.07) is 5.26. The third-order valence-corrected chi connectivity index (χ3v) is 1.99. The number of aromatic hydroxyl groups is 1. The smallest absolute Gasteiger partial charge is 0.235 e. The molecule has 3 heteroatoms. The Morgan fingerprint density at radius 3 is 2.71 bits per heavy atom. The van der Waals surface area contributed by atoms with Gasteiger partial charge < -0.3 is 5.11 Å². The van der Waals surface area contributed by atoms with Gasteiger partial charge in [-0.1, -0.05) is 19.9 Å². The number of carbonyl (C=O) groups excluding carboxylic acids is 1. The average molecular weight is 191 g/mol. The number of hydrogen-bond donors (Lipinski definition) is 1. The molecule has 74 valence electrons. The Morgan fingerprint density at radius 1 is 1.43 bits per heavy atom. The van der Waals surface area contributed by atoms with Gasteiger partial charge in [-0.3, -0.25) is 0 Å². The van der Waals surface area contributed by atoms with E-state index in [2.05, 4.69) is 4.99 Å². The number of nitrogens with zero attached hydrogens (tertiary/aromatic N) is 1. The van der Waals surface area contributed by atoms with Crippen LogP contribution in [0.1, 0.15) is 30.9 Å². The Hall–Kier alpha value is -1.60. The summed E-state index contributed by atoms with van der Waals surface area (Å²) in [5.41, 5.74) is 1.87. The molecule has 0 aromatic heterocycles. The van der Waals surface area contributed by atoms with Gasteiger partial charge in [-0.15, -0.1) is 0 Å². The van der Waals surface area contributed by atoms with Crippen LogP contribution in [-0.2, 0) is 11.3 Å². The number of isocyanates is 1. The standard InChI is InChI=1S/C11H13NO2/c1-8(2)10-3-9(6-12-7-13)4-11(14)5-10/h3-5,8,14H,6H2,1-2H3. The minimum Gasteiger partial charge on any atom is -0.508 e. The lowest BCUT2D eigenvalue weighted by molar-refractivity contribution is 0.473. The van der Waals surface area contributed by atoms with Crippen molar-refractivity contribution in [3.05, 3.63) is 29.3 Å². The lowest BCUT2D eigenvalue weighted by Crippen LogP contribution is -1.90. The Labute approximate surface area is 83.1 Å². The highest BCUT2D eigenvalue weighted by Crippen LogP contribution is 2.22. The largest absolute Gasteiger partial charge is 0.508 e. The molecular formula is C11H13NO2. The minimum absolute atomic E-state index is 0.215. The topological polar surface area (TPSA) is 49.7 Å². The van der Waals surface area contributed by atoms with Crippen LogP contribution in [0.5, 0.6) is 5.75 Å². The van der Waals surface area contributed by atoms with Crippen molar-refractivity contribution in [1.82, 2.24) is 0 Å². The lowest BCUT2D eigenvalue weighted by Gasteiger charge is -2.07. The first kappa shape index (κ1) is 10.5. The molecule has 0 saturated carbocycles. The number of phenols is 1. The van der Waals surface area contributed by atoms with Gasteiger partial charge in [0.25, 0.3) is 0 Å². The predicted octanol–water partition coefficient (Wildman–Crippen LogP) is 2.35. The van der Waals surface area contributed by atoms with E-state index >= 15 is 0 Å².